The maximum atomic E-state index is 12.6. The first kappa shape index (κ1) is 17.5. The molecule has 0 unspecified atom stereocenters. The van der Waals surface area contributed by atoms with Crippen LogP contribution in [-0.4, -0.2) is 20.9 Å². The van der Waals surface area contributed by atoms with Gasteiger partial charge in [0.05, 0.1) is 12.2 Å². The Balaban J connectivity index is 1.75. The molecule has 26 heavy (non-hydrogen) atoms. The second-order valence-electron chi connectivity index (χ2n) is 5.83. The number of nitrogens with one attached hydrogen (secondary N) is 2. The number of hydrogen-bond donors (Lipinski definition) is 2. The SMILES string of the molecule is CCc1ccccc1NC(=O)c1cc(NCc2ccccn2)nc(C)n1. The van der Waals surface area contributed by atoms with Crippen LogP contribution in [0, 0.1) is 6.92 Å². The van der Waals surface area contributed by atoms with Gasteiger partial charge in [0.25, 0.3) is 5.91 Å². The van der Waals surface area contributed by atoms with Crippen molar-refractivity contribution in [2.45, 2.75) is 26.8 Å². The van der Waals surface area contributed by atoms with Gasteiger partial charge in [-0.25, -0.2) is 9.97 Å². The van der Waals surface area contributed by atoms with Crippen molar-refractivity contribution >= 4 is 17.4 Å². The van der Waals surface area contributed by atoms with Crippen LogP contribution < -0.4 is 10.6 Å². The minimum Gasteiger partial charge on any atom is -0.364 e. The first-order chi connectivity index (χ1) is 12.7. The van der Waals surface area contributed by atoms with Gasteiger partial charge in [-0.05, 0) is 37.1 Å². The average Bonchev–Trinajstić information content (AvgIpc) is 2.67. The zero-order chi connectivity index (χ0) is 18.4. The van der Waals surface area contributed by atoms with Crippen LogP contribution >= 0.6 is 0 Å². The predicted molar refractivity (Wildman–Crippen MR) is 102 cm³/mol. The quantitative estimate of drug-likeness (QED) is 0.712. The highest BCUT2D eigenvalue weighted by Gasteiger charge is 2.12. The van der Waals surface area contributed by atoms with Gasteiger partial charge in [0, 0.05) is 18.0 Å². The van der Waals surface area contributed by atoms with E-state index in [0.717, 1.165) is 23.4 Å². The molecular formula is C20H21N5O. The van der Waals surface area contributed by atoms with Gasteiger partial charge in [-0.1, -0.05) is 31.2 Å². The van der Waals surface area contributed by atoms with Crippen LogP contribution in [0.3, 0.4) is 0 Å². The Hall–Kier alpha value is -3.28. The molecule has 1 aromatic carbocycles. The third-order valence-electron chi connectivity index (χ3n) is 3.89. The molecule has 0 bridgehead atoms. The smallest absolute Gasteiger partial charge is 0.274 e. The summed E-state index contributed by atoms with van der Waals surface area (Å²) in [5.41, 5.74) is 3.11. The molecule has 0 aliphatic carbocycles. The van der Waals surface area contributed by atoms with Crippen molar-refractivity contribution in [2.24, 2.45) is 0 Å². The molecule has 0 saturated carbocycles. The number of para-hydroxylation sites is 1. The number of aryl methyl sites for hydroxylation is 2. The molecule has 0 radical (unpaired) electrons. The topological polar surface area (TPSA) is 79.8 Å². The summed E-state index contributed by atoms with van der Waals surface area (Å²) < 4.78 is 0. The lowest BCUT2D eigenvalue weighted by atomic mass is 10.1. The van der Waals surface area contributed by atoms with Gasteiger partial charge in [-0.3, -0.25) is 9.78 Å². The number of pyridine rings is 1. The summed E-state index contributed by atoms with van der Waals surface area (Å²) in [6.07, 6.45) is 2.59. The lowest BCUT2D eigenvalue weighted by molar-refractivity contribution is 0.102. The largest absolute Gasteiger partial charge is 0.364 e. The van der Waals surface area contributed by atoms with Crippen LogP contribution in [0.4, 0.5) is 11.5 Å². The summed E-state index contributed by atoms with van der Waals surface area (Å²) in [7, 11) is 0. The van der Waals surface area contributed by atoms with E-state index < -0.39 is 0 Å². The number of hydrogen-bond acceptors (Lipinski definition) is 5. The number of anilines is 2. The number of nitrogens with zero attached hydrogens (tertiary/aromatic N) is 3. The highest BCUT2D eigenvalue weighted by molar-refractivity contribution is 6.03. The van der Waals surface area contributed by atoms with Crippen molar-refractivity contribution < 1.29 is 4.79 Å². The van der Waals surface area contributed by atoms with Crippen molar-refractivity contribution in [3.63, 3.8) is 0 Å². The van der Waals surface area contributed by atoms with E-state index in [1.807, 2.05) is 42.5 Å². The Labute approximate surface area is 152 Å². The van der Waals surface area contributed by atoms with Gasteiger partial charge in [0.1, 0.15) is 17.3 Å². The standard InChI is InChI=1S/C20H21N5O/c1-3-15-8-4-5-10-17(15)25-20(26)18-12-19(24-14(2)23-18)22-13-16-9-6-7-11-21-16/h4-12H,3,13H2,1-2H3,(H,25,26)(H,22,23,24). The van der Waals surface area contributed by atoms with Crippen LogP contribution in [0.5, 0.6) is 0 Å². The van der Waals surface area contributed by atoms with E-state index in [9.17, 15) is 4.79 Å². The Kier molecular flexibility index (Phi) is 5.53. The lowest BCUT2D eigenvalue weighted by Crippen LogP contribution is -2.16. The maximum Gasteiger partial charge on any atom is 0.274 e. The molecule has 0 aliphatic heterocycles. The van der Waals surface area contributed by atoms with Gasteiger partial charge in [0.15, 0.2) is 0 Å². The van der Waals surface area contributed by atoms with Crippen LogP contribution in [0.25, 0.3) is 0 Å². The van der Waals surface area contributed by atoms with Crippen molar-refractivity contribution in [2.75, 3.05) is 10.6 Å². The first-order valence-corrected chi connectivity index (χ1v) is 8.54. The molecule has 3 rings (SSSR count). The Bertz CT molecular complexity index is 896. The zero-order valence-electron chi connectivity index (χ0n) is 14.9. The molecule has 1 amide bonds. The molecule has 3 aromatic rings. The second kappa shape index (κ2) is 8.20. The normalized spacial score (nSPS) is 10.4. The fraction of sp³-hybridized carbons (Fsp3) is 0.200. The third kappa shape index (κ3) is 4.42. The van der Waals surface area contributed by atoms with Crippen molar-refractivity contribution in [1.29, 1.82) is 0 Å². The summed E-state index contributed by atoms with van der Waals surface area (Å²) in [5, 5.41) is 6.13. The van der Waals surface area contributed by atoms with Gasteiger partial charge >= 0.3 is 0 Å². The van der Waals surface area contributed by atoms with E-state index in [1.54, 1.807) is 19.2 Å². The van der Waals surface area contributed by atoms with Crippen LogP contribution in [-0.2, 0) is 13.0 Å². The molecule has 6 nitrogen and oxygen atoms in total. The molecule has 0 fully saturated rings. The van der Waals surface area contributed by atoms with Gasteiger partial charge < -0.3 is 10.6 Å². The minimum absolute atomic E-state index is 0.253. The first-order valence-electron chi connectivity index (χ1n) is 8.54. The number of aromatic nitrogens is 3. The number of benzene rings is 1. The van der Waals surface area contributed by atoms with Gasteiger partial charge in [0.2, 0.25) is 0 Å². The monoisotopic (exact) mass is 347 g/mol. The molecule has 0 spiro atoms. The molecule has 6 heteroatoms. The number of rotatable bonds is 6. The number of amides is 1. The van der Waals surface area contributed by atoms with Crippen LogP contribution in [0.2, 0.25) is 0 Å². The number of carbonyl (C=O) groups excluding carboxylic acids is 1. The highest BCUT2D eigenvalue weighted by atomic mass is 16.1. The van der Waals surface area contributed by atoms with E-state index >= 15 is 0 Å². The Morgan fingerprint density at radius 3 is 2.65 bits per heavy atom. The van der Waals surface area contributed by atoms with E-state index in [2.05, 4.69) is 32.5 Å². The predicted octanol–water partition coefficient (Wildman–Crippen LogP) is 3.61. The van der Waals surface area contributed by atoms with E-state index in [0.29, 0.717) is 23.9 Å². The summed E-state index contributed by atoms with van der Waals surface area (Å²) in [4.78, 5) is 25.5. The zero-order valence-corrected chi connectivity index (χ0v) is 14.9. The summed E-state index contributed by atoms with van der Waals surface area (Å²) in [6, 6.07) is 15.1. The van der Waals surface area contributed by atoms with Crippen molar-refractivity contribution in [1.82, 2.24) is 15.0 Å². The van der Waals surface area contributed by atoms with Crippen LogP contribution in [0.15, 0.2) is 54.7 Å². The fourth-order valence-electron chi connectivity index (χ4n) is 2.60. The molecule has 0 aliphatic rings. The molecule has 0 saturated heterocycles. The molecule has 0 atom stereocenters. The second-order valence-corrected chi connectivity index (χ2v) is 5.83. The van der Waals surface area contributed by atoms with Crippen molar-refractivity contribution in [3.05, 3.63) is 77.5 Å². The van der Waals surface area contributed by atoms with E-state index in [-0.39, 0.29) is 5.91 Å². The molecular weight excluding hydrogens is 326 g/mol. The van der Waals surface area contributed by atoms with Gasteiger partial charge in [-0.2, -0.15) is 0 Å². The Morgan fingerprint density at radius 2 is 1.88 bits per heavy atom. The molecule has 2 aromatic heterocycles. The highest BCUT2D eigenvalue weighted by Crippen LogP contribution is 2.17. The third-order valence-corrected chi connectivity index (χ3v) is 3.89. The maximum absolute atomic E-state index is 12.6. The summed E-state index contributed by atoms with van der Waals surface area (Å²) in [5.74, 6) is 0.874. The molecule has 132 valence electrons. The molecule has 2 N–H and O–H groups in total. The minimum atomic E-state index is -0.253. The Morgan fingerprint density at radius 1 is 1.08 bits per heavy atom. The average molecular weight is 347 g/mol. The fourth-order valence-corrected chi connectivity index (χ4v) is 2.60. The van der Waals surface area contributed by atoms with E-state index in [1.165, 1.54) is 0 Å². The van der Waals surface area contributed by atoms with Crippen molar-refractivity contribution in [3.8, 4) is 0 Å². The van der Waals surface area contributed by atoms with Crippen LogP contribution in [0.1, 0.15) is 34.5 Å². The summed E-state index contributed by atoms with van der Waals surface area (Å²) in [6.45, 7) is 4.35. The lowest BCUT2D eigenvalue weighted by Gasteiger charge is -2.11. The molecule has 2 heterocycles. The number of carbonyl (C=O) groups is 1. The summed E-state index contributed by atoms with van der Waals surface area (Å²) >= 11 is 0. The van der Waals surface area contributed by atoms with E-state index in [4.69, 9.17) is 0 Å². The van der Waals surface area contributed by atoms with Gasteiger partial charge in [-0.15, -0.1) is 0 Å².